The lowest BCUT2D eigenvalue weighted by atomic mass is 10.0. The Kier molecular flexibility index (Phi) is 3.22. The molecule has 2 heterocycles. The number of imide groups is 1. The van der Waals surface area contributed by atoms with E-state index in [1.807, 2.05) is 4.90 Å². The smallest absolute Gasteiger partial charge is 0.325 e. The second-order valence-electron chi connectivity index (χ2n) is 4.69. The van der Waals surface area contributed by atoms with Gasteiger partial charge in [-0.15, -0.1) is 0 Å². The van der Waals surface area contributed by atoms with E-state index < -0.39 is 17.5 Å². The van der Waals surface area contributed by atoms with Gasteiger partial charge in [-0.25, -0.2) is 4.79 Å². The molecule has 8 nitrogen and oxygen atoms in total. The molecule has 2 aliphatic rings. The Labute approximate surface area is 104 Å². The van der Waals surface area contributed by atoms with E-state index in [0.29, 0.717) is 19.5 Å². The number of urea groups is 1. The van der Waals surface area contributed by atoms with Gasteiger partial charge >= 0.3 is 12.0 Å². The highest BCUT2D eigenvalue weighted by Crippen LogP contribution is 2.18. The Morgan fingerprint density at radius 1 is 1.44 bits per heavy atom. The van der Waals surface area contributed by atoms with Gasteiger partial charge in [-0.3, -0.25) is 19.4 Å². The zero-order valence-electron chi connectivity index (χ0n) is 9.89. The molecule has 2 rings (SSSR count). The quantitative estimate of drug-likeness (QED) is 0.502. The van der Waals surface area contributed by atoms with Crippen molar-refractivity contribution in [1.29, 1.82) is 0 Å². The Morgan fingerprint density at radius 2 is 2.17 bits per heavy atom. The molecule has 0 aromatic heterocycles. The van der Waals surface area contributed by atoms with Crippen LogP contribution in [0.3, 0.4) is 0 Å². The van der Waals surface area contributed by atoms with Crippen LogP contribution in [0.15, 0.2) is 0 Å². The van der Waals surface area contributed by atoms with Crippen LogP contribution in [-0.2, 0) is 9.59 Å². The number of hydrogen-bond donors (Lipinski definition) is 3. The standard InChI is InChI=1S/C10H16N4O4/c11-10(8(16)17)1-2-13(6-10)3-4-14-7(15)5-12-9(14)18/h1-6,11H2,(H,12,18)(H,16,17). The summed E-state index contributed by atoms with van der Waals surface area (Å²) in [5.41, 5.74) is 4.52. The van der Waals surface area contributed by atoms with Crippen molar-refractivity contribution in [3.05, 3.63) is 0 Å². The molecule has 0 aromatic rings. The summed E-state index contributed by atoms with van der Waals surface area (Å²) >= 11 is 0. The first-order valence-electron chi connectivity index (χ1n) is 5.75. The Morgan fingerprint density at radius 3 is 2.67 bits per heavy atom. The molecule has 2 aliphatic heterocycles. The molecule has 1 atom stereocenters. The molecule has 0 saturated carbocycles. The van der Waals surface area contributed by atoms with Crippen molar-refractivity contribution in [3.63, 3.8) is 0 Å². The number of nitrogens with one attached hydrogen (secondary N) is 1. The van der Waals surface area contributed by atoms with Crippen molar-refractivity contribution in [1.82, 2.24) is 15.1 Å². The molecule has 0 aromatic carbocycles. The average Bonchev–Trinajstić information content (AvgIpc) is 2.83. The zero-order chi connectivity index (χ0) is 13.3. The minimum absolute atomic E-state index is 0.0365. The summed E-state index contributed by atoms with van der Waals surface area (Å²) in [6.45, 7) is 1.55. The molecule has 0 radical (unpaired) electrons. The second-order valence-corrected chi connectivity index (χ2v) is 4.69. The second kappa shape index (κ2) is 4.54. The van der Waals surface area contributed by atoms with Crippen LogP contribution in [0.2, 0.25) is 0 Å². The molecule has 2 fully saturated rings. The Balaban J connectivity index is 1.84. The number of aliphatic carboxylic acids is 1. The molecule has 18 heavy (non-hydrogen) atoms. The minimum Gasteiger partial charge on any atom is -0.480 e. The van der Waals surface area contributed by atoms with Crippen molar-refractivity contribution in [2.45, 2.75) is 12.0 Å². The maximum absolute atomic E-state index is 11.3. The summed E-state index contributed by atoms with van der Waals surface area (Å²) in [7, 11) is 0. The summed E-state index contributed by atoms with van der Waals surface area (Å²) in [5, 5.41) is 11.4. The van der Waals surface area contributed by atoms with Crippen molar-refractivity contribution in [3.8, 4) is 0 Å². The van der Waals surface area contributed by atoms with E-state index in [-0.39, 0.29) is 25.5 Å². The van der Waals surface area contributed by atoms with Crippen LogP contribution >= 0.6 is 0 Å². The lowest BCUT2D eigenvalue weighted by Crippen LogP contribution is -2.50. The van der Waals surface area contributed by atoms with Gasteiger partial charge in [0, 0.05) is 26.2 Å². The topological polar surface area (TPSA) is 116 Å². The molecule has 0 spiro atoms. The summed E-state index contributed by atoms with van der Waals surface area (Å²) in [6.07, 6.45) is 0.377. The van der Waals surface area contributed by atoms with Gasteiger partial charge in [0.2, 0.25) is 5.91 Å². The summed E-state index contributed by atoms with van der Waals surface area (Å²) in [5.74, 6) is -1.27. The van der Waals surface area contributed by atoms with E-state index in [9.17, 15) is 14.4 Å². The SMILES string of the molecule is NC1(C(=O)O)CCN(CCN2C(=O)CNC2=O)C1. The van der Waals surface area contributed by atoms with Crippen LogP contribution in [0.5, 0.6) is 0 Å². The van der Waals surface area contributed by atoms with E-state index >= 15 is 0 Å². The number of carbonyl (C=O) groups excluding carboxylic acids is 2. The summed E-state index contributed by atoms with van der Waals surface area (Å²) in [6, 6.07) is -0.392. The van der Waals surface area contributed by atoms with Gasteiger partial charge in [-0.05, 0) is 6.42 Å². The normalized spacial score (nSPS) is 28.8. The molecule has 1 unspecified atom stereocenters. The zero-order valence-corrected chi connectivity index (χ0v) is 9.89. The van der Waals surface area contributed by atoms with Gasteiger partial charge in [0.1, 0.15) is 5.54 Å². The molecule has 100 valence electrons. The van der Waals surface area contributed by atoms with Crippen molar-refractivity contribution in [2.24, 2.45) is 5.73 Å². The first-order chi connectivity index (χ1) is 8.42. The van der Waals surface area contributed by atoms with Gasteiger partial charge < -0.3 is 16.2 Å². The van der Waals surface area contributed by atoms with E-state index in [0.717, 1.165) is 4.90 Å². The largest absolute Gasteiger partial charge is 0.480 e. The first kappa shape index (κ1) is 12.8. The van der Waals surface area contributed by atoms with E-state index in [1.54, 1.807) is 0 Å². The third-order valence-corrected chi connectivity index (χ3v) is 3.38. The molecule has 0 aliphatic carbocycles. The highest BCUT2D eigenvalue weighted by molar-refractivity contribution is 6.01. The fraction of sp³-hybridized carbons (Fsp3) is 0.700. The predicted molar refractivity (Wildman–Crippen MR) is 60.7 cm³/mol. The van der Waals surface area contributed by atoms with Crippen molar-refractivity contribution < 1.29 is 19.5 Å². The fourth-order valence-electron chi connectivity index (χ4n) is 2.20. The number of likely N-dealkylation sites (tertiary alicyclic amines) is 1. The van der Waals surface area contributed by atoms with Crippen LogP contribution in [0.1, 0.15) is 6.42 Å². The van der Waals surface area contributed by atoms with Crippen molar-refractivity contribution >= 4 is 17.9 Å². The maximum Gasteiger partial charge on any atom is 0.325 e. The number of carbonyl (C=O) groups is 3. The van der Waals surface area contributed by atoms with Gasteiger partial charge in [-0.1, -0.05) is 0 Å². The molecule has 0 bridgehead atoms. The lowest BCUT2D eigenvalue weighted by Gasteiger charge is -2.21. The van der Waals surface area contributed by atoms with Gasteiger partial charge in [0.05, 0.1) is 6.54 Å². The van der Waals surface area contributed by atoms with Crippen LogP contribution in [-0.4, -0.2) is 71.1 Å². The minimum atomic E-state index is -1.21. The summed E-state index contributed by atoms with van der Waals surface area (Å²) < 4.78 is 0. The molecule has 4 N–H and O–H groups in total. The van der Waals surface area contributed by atoms with Gasteiger partial charge in [0.15, 0.2) is 0 Å². The lowest BCUT2D eigenvalue weighted by molar-refractivity contribution is -0.142. The first-order valence-corrected chi connectivity index (χ1v) is 5.75. The third-order valence-electron chi connectivity index (χ3n) is 3.38. The van der Waals surface area contributed by atoms with E-state index in [4.69, 9.17) is 10.8 Å². The molecular weight excluding hydrogens is 240 g/mol. The number of rotatable bonds is 4. The van der Waals surface area contributed by atoms with Gasteiger partial charge in [-0.2, -0.15) is 0 Å². The van der Waals surface area contributed by atoms with E-state index in [1.165, 1.54) is 0 Å². The fourth-order valence-corrected chi connectivity index (χ4v) is 2.20. The summed E-state index contributed by atoms with van der Waals surface area (Å²) in [4.78, 5) is 36.6. The molecule has 3 amide bonds. The number of carboxylic acid groups (broad SMARTS) is 1. The Hall–Kier alpha value is -1.67. The molecule has 2 saturated heterocycles. The predicted octanol–water partition coefficient (Wildman–Crippen LogP) is -1.97. The van der Waals surface area contributed by atoms with Crippen LogP contribution in [0.25, 0.3) is 0 Å². The highest BCUT2D eigenvalue weighted by atomic mass is 16.4. The number of hydrogen-bond acceptors (Lipinski definition) is 5. The average molecular weight is 256 g/mol. The number of nitrogens with two attached hydrogens (primary N) is 1. The third kappa shape index (κ3) is 2.29. The van der Waals surface area contributed by atoms with Crippen LogP contribution in [0, 0.1) is 0 Å². The number of nitrogens with zero attached hydrogens (tertiary/aromatic N) is 2. The number of carboxylic acids is 1. The highest BCUT2D eigenvalue weighted by Gasteiger charge is 2.41. The monoisotopic (exact) mass is 256 g/mol. The maximum atomic E-state index is 11.3. The molecular formula is C10H16N4O4. The van der Waals surface area contributed by atoms with Crippen LogP contribution < -0.4 is 11.1 Å². The Bertz CT molecular complexity index is 383. The van der Waals surface area contributed by atoms with Gasteiger partial charge in [0.25, 0.3) is 0 Å². The van der Waals surface area contributed by atoms with Crippen LogP contribution in [0.4, 0.5) is 4.79 Å². The van der Waals surface area contributed by atoms with E-state index in [2.05, 4.69) is 5.32 Å². The molecule has 8 heteroatoms. The number of amides is 3. The van der Waals surface area contributed by atoms with Crippen molar-refractivity contribution in [2.75, 3.05) is 32.7 Å².